The summed E-state index contributed by atoms with van der Waals surface area (Å²) < 4.78 is 5.11. The molecule has 2 aromatic rings. The molecule has 18 heavy (non-hydrogen) atoms. The minimum atomic E-state index is -1.06. The van der Waals surface area contributed by atoms with Crippen LogP contribution in [0.25, 0.3) is 11.1 Å². The number of carboxylic acids is 1. The first-order valence-electron chi connectivity index (χ1n) is 5.34. The normalized spacial score (nSPS) is 10.1. The van der Waals surface area contributed by atoms with Crippen LogP contribution in [0.5, 0.6) is 11.5 Å². The van der Waals surface area contributed by atoms with Crippen LogP contribution in [-0.4, -0.2) is 23.3 Å². The molecule has 0 saturated carbocycles. The molecule has 0 aliphatic rings. The van der Waals surface area contributed by atoms with E-state index >= 15 is 0 Å². The van der Waals surface area contributed by atoms with E-state index in [1.54, 1.807) is 24.3 Å². The van der Waals surface area contributed by atoms with Crippen LogP contribution in [0.1, 0.15) is 10.4 Å². The fraction of sp³-hybridized carbons (Fsp3) is 0.0714. The standard InChI is InChI=1S/C14H12O4/c1-18-13-11(15)8-7-10(14(16)17)12(13)9-5-3-2-4-6-9/h2-8,15H,1H3,(H,16,17). The highest BCUT2D eigenvalue weighted by Gasteiger charge is 2.19. The van der Waals surface area contributed by atoms with Crippen molar-refractivity contribution < 1.29 is 19.7 Å². The third kappa shape index (κ3) is 2.00. The van der Waals surface area contributed by atoms with E-state index in [4.69, 9.17) is 4.74 Å². The lowest BCUT2D eigenvalue weighted by atomic mass is 9.98. The van der Waals surface area contributed by atoms with E-state index in [1.165, 1.54) is 19.2 Å². The third-order valence-electron chi connectivity index (χ3n) is 2.63. The van der Waals surface area contributed by atoms with Gasteiger partial charge >= 0.3 is 5.97 Å². The van der Waals surface area contributed by atoms with Crippen molar-refractivity contribution in [2.75, 3.05) is 7.11 Å². The number of benzene rings is 2. The van der Waals surface area contributed by atoms with E-state index in [2.05, 4.69) is 0 Å². The van der Waals surface area contributed by atoms with E-state index in [0.717, 1.165) is 0 Å². The predicted molar refractivity (Wildman–Crippen MR) is 67.1 cm³/mol. The summed E-state index contributed by atoms with van der Waals surface area (Å²) in [5, 5.41) is 18.9. The van der Waals surface area contributed by atoms with Crippen molar-refractivity contribution in [3.05, 3.63) is 48.0 Å². The highest BCUT2D eigenvalue weighted by atomic mass is 16.5. The number of phenols is 1. The van der Waals surface area contributed by atoms with Crippen LogP contribution in [0.2, 0.25) is 0 Å². The fourth-order valence-electron chi connectivity index (χ4n) is 1.85. The molecule has 0 amide bonds. The lowest BCUT2D eigenvalue weighted by molar-refractivity contribution is 0.0697. The number of hydrogen-bond acceptors (Lipinski definition) is 3. The zero-order chi connectivity index (χ0) is 13.1. The molecular formula is C14H12O4. The molecule has 0 aliphatic carbocycles. The Morgan fingerprint density at radius 2 is 1.78 bits per heavy atom. The molecule has 0 unspecified atom stereocenters. The molecule has 0 aliphatic heterocycles. The van der Waals surface area contributed by atoms with Gasteiger partial charge < -0.3 is 14.9 Å². The van der Waals surface area contributed by atoms with E-state index in [-0.39, 0.29) is 17.1 Å². The third-order valence-corrected chi connectivity index (χ3v) is 2.63. The van der Waals surface area contributed by atoms with Gasteiger partial charge in [0.05, 0.1) is 12.7 Å². The maximum absolute atomic E-state index is 11.2. The van der Waals surface area contributed by atoms with Gasteiger partial charge in [-0.1, -0.05) is 30.3 Å². The Morgan fingerprint density at radius 3 is 2.33 bits per heavy atom. The van der Waals surface area contributed by atoms with E-state index in [1.807, 2.05) is 6.07 Å². The molecule has 0 aromatic heterocycles. The van der Waals surface area contributed by atoms with Crippen molar-refractivity contribution in [3.8, 4) is 22.6 Å². The summed E-state index contributed by atoms with van der Waals surface area (Å²) in [6.07, 6.45) is 0. The first kappa shape index (κ1) is 12.0. The number of aromatic hydroxyl groups is 1. The van der Waals surface area contributed by atoms with Crippen molar-refractivity contribution in [2.24, 2.45) is 0 Å². The van der Waals surface area contributed by atoms with E-state index in [9.17, 15) is 15.0 Å². The lowest BCUT2D eigenvalue weighted by Crippen LogP contribution is -2.01. The van der Waals surface area contributed by atoms with Gasteiger partial charge in [0.2, 0.25) is 0 Å². The Hall–Kier alpha value is -2.49. The second kappa shape index (κ2) is 4.79. The second-order valence-electron chi connectivity index (χ2n) is 3.71. The Balaban J connectivity index is 2.77. The molecular weight excluding hydrogens is 232 g/mol. The van der Waals surface area contributed by atoms with Crippen LogP contribution in [0.3, 0.4) is 0 Å². The lowest BCUT2D eigenvalue weighted by Gasteiger charge is -2.13. The molecule has 92 valence electrons. The zero-order valence-electron chi connectivity index (χ0n) is 9.75. The average Bonchev–Trinajstić information content (AvgIpc) is 2.39. The van der Waals surface area contributed by atoms with Gasteiger partial charge in [-0.2, -0.15) is 0 Å². The molecule has 2 rings (SSSR count). The maximum atomic E-state index is 11.2. The smallest absolute Gasteiger partial charge is 0.336 e. The molecule has 4 heteroatoms. The number of aromatic carboxylic acids is 1. The van der Waals surface area contributed by atoms with Crippen molar-refractivity contribution >= 4 is 5.97 Å². The number of carboxylic acid groups (broad SMARTS) is 1. The number of ether oxygens (including phenoxy) is 1. The van der Waals surface area contributed by atoms with E-state index in [0.29, 0.717) is 11.1 Å². The predicted octanol–water partition coefficient (Wildman–Crippen LogP) is 2.77. The topological polar surface area (TPSA) is 66.8 Å². The minimum absolute atomic E-state index is 0.0821. The van der Waals surface area contributed by atoms with E-state index < -0.39 is 5.97 Å². The highest BCUT2D eigenvalue weighted by Crippen LogP contribution is 2.39. The first-order chi connectivity index (χ1) is 8.65. The summed E-state index contributed by atoms with van der Waals surface area (Å²) in [5.41, 5.74) is 1.16. The molecule has 0 saturated heterocycles. The van der Waals surface area contributed by atoms with Gasteiger partial charge in [-0.15, -0.1) is 0 Å². The highest BCUT2D eigenvalue weighted by molar-refractivity contribution is 5.98. The quantitative estimate of drug-likeness (QED) is 0.871. The SMILES string of the molecule is COc1c(O)ccc(C(=O)O)c1-c1ccccc1. The van der Waals surface area contributed by atoms with Crippen LogP contribution in [0.15, 0.2) is 42.5 Å². The Kier molecular flexibility index (Phi) is 3.19. The summed E-state index contributed by atoms with van der Waals surface area (Å²) >= 11 is 0. The van der Waals surface area contributed by atoms with Gasteiger partial charge in [0, 0.05) is 5.56 Å². The second-order valence-corrected chi connectivity index (χ2v) is 3.71. The largest absolute Gasteiger partial charge is 0.504 e. The van der Waals surface area contributed by atoms with Crippen molar-refractivity contribution in [1.82, 2.24) is 0 Å². The van der Waals surface area contributed by atoms with Gasteiger partial charge in [0.25, 0.3) is 0 Å². The Morgan fingerprint density at radius 1 is 1.11 bits per heavy atom. The summed E-state index contributed by atoms with van der Waals surface area (Å²) in [7, 11) is 1.40. The maximum Gasteiger partial charge on any atom is 0.336 e. The monoisotopic (exact) mass is 244 g/mol. The Labute approximate surface area is 104 Å². The van der Waals surface area contributed by atoms with Gasteiger partial charge in [0.1, 0.15) is 0 Å². The number of methoxy groups -OCH3 is 1. The van der Waals surface area contributed by atoms with Crippen LogP contribution in [0, 0.1) is 0 Å². The van der Waals surface area contributed by atoms with Crippen molar-refractivity contribution in [1.29, 1.82) is 0 Å². The summed E-state index contributed by atoms with van der Waals surface area (Å²) in [4.78, 5) is 11.2. The summed E-state index contributed by atoms with van der Waals surface area (Å²) in [5.74, 6) is -0.977. The van der Waals surface area contributed by atoms with Crippen molar-refractivity contribution in [2.45, 2.75) is 0 Å². The number of rotatable bonds is 3. The number of carbonyl (C=O) groups is 1. The summed E-state index contributed by atoms with van der Waals surface area (Å²) in [6, 6.07) is 11.6. The minimum Gasteiger partial charge on any atom is -0.504 e. The molecule has 4 nitrogen and oxygen atoms in total. The van der Waals surface area contributed by atoms with Gasteiger partial charge in [-0.25, -0.2) is 4.79 Å². The molecule has 2 aromatic carbocycles. The number of hydrogen-bond donors (Lipinski definition) is 2. The summed E-state index contributed by atoms with van der Waals surface area (Å²) in [6.45, 7) is 0. The molecule has 0 fully saturated rings. The van der Waals surface area contributed by atoms with Crippen molar-refractivity contribution in [3.63, 3.8) is 0 Å². The van der Waals surface area contributed by atoms with Gasteiger partial charge in [-0.05, 0) is 17.7 Å². The average molecular weight is 244 g/mol. The van der Waals surface area contributed by atoms with Crippen LogP contribution >= 0.6 is 0 Å². The van der Waals surface area contributed by atoms with Crippen LogP contribution in [0.4, 0.5) is 0 Å². The molecule has 0 radical (unpaired) electrons. The van der Waals surface area contributed by atoms with Crippen LogP contribution < -0.4 is 4.74 Å². The first-order valence-corrected chi connectivity index (χ1v) is 5.34. The Bertz CT molecular complexity index is 576. The van der Waals surface area contributed by atoms with Gasteiger partial charge in [-0.3, -0.25) is 0 Å². The number of phenolic OH excluding ortho intramolecular Hbond substituents is 1. The fourth-order valence-corrected chi connectivity index (χ4v) is 1.85. The van der Waals surface area contributed by atoms with Crippen LogP contribution in [-0.2, 0) is 0 Å². The molecule has 2 N–H and O–H groups in total. The molecule has 0 heterocycles. The molecule has 0 bridgehead atoms. The van der Waals surface area contributed by atoms with Gasteiger partial charge in [0.15, 0.2) is 11.5 Å². The molecule has 0 atom stereocenters. The zero-order valence-corrected chi connectivity index (χ0v) is 9.75. The molecule has 0 spiro atoms.